The van der Waals surface area contributed by atoms with Gasteiger partial charge in [-0.1, -0.05) is 30.3 Å². The van der Waals surface area contributed by atoms with E-state index in [-0.39, 0.29) is 43.3 Å². The molecule has 12 heteroatoms. The SMILES string of the molecule is COc1ccc(CNC(=O)CCC(NC(=O)OCc2ccccc2)C(=O)Oc2ccc([N+](=O)[O-])cc2)c(OC)c1. The summed E-state index contributed by atoms with van der Waals surface area (Å²) in [6.45, 7) is 0.136. The Morgan fingerprint density at radius 1 is 0.925 bits per heavy atom. The molecule has 2 N–H and O–H groups in total. The van der Waals surface area contributed by atoms with Crippen LogP contribution in [0.3, 0.4) is 0 Å². The van der Waals surface area contributed by atoms with Crippen molar-refractivity contribution in [3.05, 3.63) is 94.0 Å². The third kappa shape index (κ3) is 9.01. The minimum atomic E-state index is -1.24. The van der Waals surface area contributed by atoms with Crippen molar-refractivity contribution in [1.82, 2.24) is 10.6 Å². The first-order valence-electron chi connectivity index (χ1n) is 12.2. The van der Waals surface area contributed by atoms with Crippen LogP contribution < -0.4 is 24.8 Å². The number of carbonyl (C=O) groups is 3. The van der Waals surface area contributed by atoms with E-state index in [2.05, 4.69) is 10.6 Å². The molecule has 0 aliphatic rings. The predicted octanol–water partition coefficient (Wildman–Crippen LogP) is 3.91. The lowest BCUT2D eigenvalue weighted by Gasteiger charge is -2.18. The molecule has 3 rings (SSSR count). The number of rotatable bonds is 13. The highest BCUT2D eigenvalue weighted by atomic mass is 16.6. The van der Waals surface area contributed by atoms with Gasteiger partial charge in [-0.2, -0.15) is 0 Å². The lowest BCUT2D eigenvalue weighted by atomic mass is 10.1. The highest BCUT2D eigenvalue weighted by molar-refractivity contribution is 5.84. The van der Waals surface area contributed by atoms with E-state index in [4.69, 9.17) is 18.9 Å². The van der Waals surface area contributed by atoms with E-state index >= 15 is 0 Å². The van der Waals surface area contributed by atoms with Crippen molar-refractivity contribution in [2.24, 2.45) is 0 Å². The van der Waals surface area contributed by atoms with Gasteiger partial charge in [0.1, 0.15) is 29.9 Å². The topological polar surface area (TPSA) is 155 Å². The molecule has 0 fully saturated rings. The van der Waals surface area contributed by atoms with Crippen molar-refractivity contribution in [1.29, 1.82) is 0 Å². The molecule has 0 heterocycles. The van der Waals surface area contributed by atoms with Crippen LogP contribution in [0.15, 0.2) is 72.8 Å². The summed E-state index contributed by atoms with van der Waals surface area (Å²) in [5.74, 6) is -0.0738. The highest BCUT2D eigenvalue weighted by Crippen LogP contribution is 2.24. The maximum atomic E-state index is 12.9. The van der Waals surface area contributed by atoms with E-state index in [1.807, 2.05) is 6.07 Å². The Balaban J connectivity index is 1.61. The smallest absolute Gasteiger partial charge is 0.408 e. The lowest BCUT2D eigenvalue weighted by molar-refractivity contribution is -0.384. The molecular formula is C28H29N3O9. The fourth-order valence-corrected chi connectivity index (χ4v) is 3.53. The summed E-state index contributed by atoms with van der Waals surface area (Å²) in [4.78, 5) is 48.2. The Morgan fingerprint density at radius 3 is 2.27 bits per heavy atom. The normalized spacial score (nSPS) is 11.1. The third-order valence-corrected chi connectivity index (χ3v) is 5.69. The second kappa shape index (κ2) is 14.7. The Morgan fingerprint density at radius 2 is 1.62 bits per heavy atom. The Labute approximate surface area is 230 Å². The van der Waals surface area contributed by atoms with Crippen LogP contribution in [0.4, 0.5) is 10.5 Å². The zero-order valence-corrected chi connectivity index (χ0v) is 22.0. The van der Waals surface area contributed by atoms with Gasteiger partial charge in [-0.05, 0) is 36.2 Å². The quantitative estimate of drug-likeness (QED) is 0.139. The average Bonchev–Trinajstić information content (AvgIpc) is 2.97. The predicted molar refractivity (Wildman–Crippen MR) is 143 cm³/mol. The van der Waals surface area contributed by atoms with E-state index in [0.717, 1.165) is 5.56 Å². The van der Waals surface area contributed by atoms with Gasteiger partial charge >= 0.3 is 12.1 Å². The minimum absolute atomic E-state index is 0.0268. The summed E-state index contributed by atoms with van der Waals surface area (Å²) in [6.07, 6.45) is -1.10. The zero-order valence-electron chi connectivity index (χ0n) is 22.0. The summed E-state index contributed by atoms with van der Waals surface area (Å²) >= 11 is 0. The molecule has 0 saturated carbocycles. The molecule has 0 aliphatic carbocycles. The summed E-state index contributed by atoms with van der Waals surface area (Å²) in [6, 6.07) is 17.8. The molecule has 2 amide bonds. The molecule has 3 aromatic carbocycles. The van der Waals surface area contributed by atoms with Crippen molar-refractivity contribution in [2.75, 3.05) is 14.2 Å². The van der Waals surface area contributed by atoms with Gasteiger partial charge in [-0.15, -0.1) is 0 Å². The maximum Gasteiger partial charge on any atom is 0.408 e. The van der Waals surface area contributed by atoms with Gasteiger partial charge in [0.05, 0.1) is 19.1 Å². The number of nitrogens with one attached hydrogen (secondary N) is 2. The number of nitro benzene ring substituents is 1. The fourth-order valence-electron chi connectivity index (χ4n) is 3.53. The number of non-ortho nitro benzene ring substituents is 1. The largest absolute Gasteiger partial charge is 0.497 e. The van der Waals surface area contributed by atoms with Crippen molar-refractivity contribution in [2.45, 2.75) is 32.0 Å². The van der Waals surface area contributed by atoms with Crippen molar-refractivity contribution in [3.8, 4) is 17.2 Å². The van der Waals surface area contributed by atoms with Crippen LogP contribution in [0, 0.1) is 10.1 Å². The number of methoxy groups -OCH3 is 2. The summed E-state index contributed by atoms with van der Waals surface area (Å²) < 4.78 is 21.0. The molecule has 0 saturated heterocycles. The minimum Gasteiger partial charge on any atom is -0.497 e. The molecular weight excluding hydrogens is 522 g/mol. The second-order valence-electron chi connectivity index (χ2n) is 8.42. The molecule has 12 nitrogen and oxygen atoms in total. The molecule has 3 aromatic rings. The summed E-state index contributed by atoms with van der Waals surface area (Å²) in [5, 5.41) is 16.1. The third-order valence-electron chi connectivity index (χ3n) is 5.69. The molecule has 0 spiro atoms. The highest BCUT2D eigenvalue weighted by Gasteiger charge is 2.25. The van der Waals surface area contributed by atoms with Crippen molar-refractivity contribution in [3.63, 3.8) is 0 Å². The van der Waals surface area contributed by atoms with E-state index < -0.39 is 23.0 Å². The molecule has 40 heavy (non-hydrogen) atoms. The molecule has 0 aliphatic heterocycles. The van der Waals surface area contributed by atoms with Crippen LogP contribution in [0.2, 0.25) is 0 Å². The number of carbonyl (C=O) groups excluding carboxylic acids is 3. The molecule has 0 aromatic heterocycles. The monoisotopic (exact) mass is 551 g/mol. The summed E-state index contributed by atoms with van der Waals surface area (Å²) in [5.41, 5.74) is 1.29. The second-order valence-corrected chi connectivity index (χ2v) is 8.42. The van der Waals surface area contributed by atoms with Crippen LogP contribution >= 0.6 is 0 Å². The Hall–Kier alpha value is -5.13. The summed E-state index contributed by atoms with van der Waals surface area (Å²) in [7, 11) is 3.04. The molecule has 1 atom stereocenters. The van der Waals surface area contributed by atoms with E-state index in [9.17, 15) is 24.5 Å². The number of benzene rings is 3. The van der Waals surface area contributed by atoms with Gasteiger partial charge in [0.2, 0.25) is 5.91 Å². The van der Waals surface area contributed by atoms with E-state index in [0.29, 0.717) is 17.1 Å². The first-order chi connectivity index (χ1) is 19.3. The zero-order chi connectivity index (χ0) is 28.9. The number of hydrogen-bond donors (Lipinski definition) is 2. The van der Waals surface area contributed by atoms with Crippen LogP contribution in [-0.2, 0) is 27.5 Å². The van der Waals surface area contributed by atoms with Crippen LogP contribution in [-0.4, -0.2) is 43.2 Å². The molecule has 1 unspecified atom stereocenters. The van der Waals surface area contributed by atoms with E-state index in [1.54, 1.807) is 42.5 Å². The van der Waals surface area contributed by atoms with Gasteiger partial charge < -0.3 is 29.6 Å². The molecule has 0 radical (unpaired) electrons. The number of alkyl carbamates (subject to hydrolysis) is 1. The van der Waals surface area contributed by atoms with Gasteiger partial charge in [0.25, 0.3) is 5.69 Å². The standard InChI is InChI=1S/C28H29N3O9/c1-37-23-11-8-20(25(16-23)38-2)17-29-26(32)15-14-24(30-28(34)39-18-19-6-4-3-5-7-19)27(33)40-22-12-9-21(10-13-22)31(35)36/h3-13,16,24H,14-15,17-18H2,1-2H3,(H,29,32)(H,30,34). The molecule has 210 valence electrons. The van der Waals surface area contributed by atoms with Crippen LogP contribution in [0.1, 0.15) is 24.0 Å². The van der Waals surface area contributed by atoms with Crippen LogP contribution in [0.5, 0.6) is 17.2 Å². The number of esters is 1. The van der Waals surface area contributed by atoms with Crippen molar-refractivity contribution >= 4 is 23.7 Å². The Bertz CT molecular complexity index is 1310. The van der Waals surface area contributed by atoms with Gasteiger partial charge in [0, 0.05) is 36.7 Å². The van der Waals surface area contributed by atoms with Gasteiger partial charge in [-0.25, -0.2) is 9.59 Å². The van der Waals surface area contributed by atoms with Crippen molar-refractivity contribution < 1.29 is 38.3 Å². The van der Waals surface area contributed by atoms with Gasteiger partial charge in [-0.3, -0.25) is 14.9 Å². The van der Waals surface area contributed by atoms with Crippen LogP contribution in [0.25, 0.3) is 0 Å². The maximum absolute atomic E-state index is 12.9. The average molecular weight is 552 g/mol. The Kier molecular flexibility index (Phi) is 10.8. The van der Waals surface area contributed by atoms with E-state index in [1.165, 1.54) is 38.5 Å². The number of nitro groups is 1. The number of hydrogen-bond acceptors (Lipinski definition) is 9. The first kappa shape index (κ1) is 29.4. The number of ether oxygens (including phenoxy) is 4. The lowest BCUT2D eigenvalue weighted by Crippen LogP contribution is -2.44. The van der Waals surface area contributed by atoms with Gasteiger partial charge in [0.15, 0.2) is 0 Å². The molecule has 0 bridgehead atoms. The fraction of sp³-hybridized carbons (Fsp3) is 0.250. The number of nitrogens with zero attached hydrogens (tertiary/aromatic N) is 1. The number of amides is 2. The first-order valence-corrected chi connectivity index (χ1v) is 12.2.